The summed E-state index contributed by atoms with van der Waals surface area (Å²) in [6.07, 6.45) is 7.40. The van der Waals surface area contributed by atoms with Crippen LogP contribution in [-0.4, -0.2) is 11.9 Å². The lowest BCUT2D eigenvalue weighted by molar-refractivity contribution is -0.134. The van der Waals surface area contributed by atoms with Gasteiger partial charge in [-0.15, -0.1) is 6.42 Å². The van der Waals surface area contributed by atoms with Gasteiger partial charge >= 0.3 is 11.9 Å². The molecule has 0 saturated heterocycles. The average molecular weight is 360 g/mol. The van der Waals surface area contributed by atoms with Gasteiger partial charge in [0.2, 0.25) is 0 Å². The van der Waals surface area contributed by atoms with Crippen LogP contribution in [0.5, 0.6) is 5.75 Å². The third-order valence-corrected chi connectivity index (χ3v) is 3.69. The molecule has 0 saturated carbocycles. The van der Waals surface area contributed by atoms with Crippen molar-refractivity contribution < 1.29 is 19.1 Å². The summed E-state index contributed by atoms with van der Waals surface area (Å²) in [6.45, 7) is 12.0. The van der Waals surface area contributed by atoms with E-state index in [1.54, 1.807) is 45.0 Å². The number of terminal acetylenes is 1. The largest absolute Gasteiger partial charge is 0.428 e. The second-order valence-corrected chi connectivity index (χ2v) is 6.15. The molecule has 0 amide bonds. The maximum atomic E-state index is 11.7. The number of ether oxygens (including phenoxy) is 2. The molecule has 0 N–H and O–H groups in total. The van der Waals surface area contributed by atoms with E-state index in [9.17, 15) is 9.59 Å². The quantitative estimate of drug-likeness (QED) is 0.253. The third kappa shape index (κ3) is 4.74. The Morgan fingerprint density at radius 1 is 1.04 bits per heavy atom. The second-order valence-electron chi connectivity index (χ2n) is 6.15. The second kappa shape index (κ2) is 8.20. The van der Waals surface area contributed by atoms with Gasteiger partial charge in [-0.05, 0) is 61.4 Å². The number of carbonyl (C=O) groups is 2. The van der Waals surface area contributed by atoms with Crippen molar-refractivity contribution in [3.63, 3.8) is 0 Å². The highest BCUT2D eigenvalue weighted by molar-refractivity contribution is 5.94. The minimum absolute atomic E-state index is 0.315. The molecule has 0 radical (unpaired) electrons. The van der Waals surface area contributed by atoms with Crippen molar-refractivity contribution in [2.75, 3.05) is 0 Å². The van der Waals surface area contributed by atoms with Crippen LogP contribution in [0.4, 0.5) is 0 Å². The fourth-order valence-electron chi connectivity index (χ4n) is 2.35. The van der Waals surface area contributed by atoms with E-state index >= 15 is 0 Å². The summed E-state index contributed by atoms with van der Waals surface area (Å²) in [5.41, 5.74) is 2.02. The van der Waals surface area contributed by atoms with Crippen LogP contribution in [0.25, 0.3) is 16.8 Å². The highest BCUT2D eigenvalue weighted by atomic mass is 16.5. The molecule has 0 atom stereocenters. The summed E-state index contributed by atoms with van der Waals surface area (Å²) >= 11 is 0. The van der Waals surface area contributed by atoms with Crippen LogP contribution in [0, 0.1) is 12.3 Å². The van der Waals surface area contributed by atoms with Gasteiger partial charge in [-0.25, -0.2) is 9.59 Å². The van der Waals surface area contributed by atoms with Gasteiger partial charge in [-0.2, -0.15) is 0 Å². The molecule has 2 aromatic carbocycles. The molecule has 4 nitrogen and oxygen atoms in total. The summed E-state index contributed by atoms with van der Waals surface area (Å²) in [5.74, 6) is 2.52. The van der Waals surface area contributed by atoms with Crippen LogP contribution in [0.2, 0.25) is 0 Å². The molecule has 0 aliphatic heterocycles. The van der Waals surface area contributed by atoms with Crippen molar-refractivity contribution in [3.05, 3.63) is 71.5 Å². The SMILES string of the molecule is C#Cc1c(/C=C(\C)OC(=O)C(=C)C)ccc2cc(OC(=O)C(=C)C)ccc12. The van der Waals surface area contributed by atoms with Crippen LogP contribution >= 0.6 is 0 Å². The van der Waals surface area contributed by atoms with E-state index in [1.165, 1.54) is 0 Å². The first kappa shape index (κ1) is 19.7. The molecule has 27 heavy (non-hydrogen) atoms. The Labute approximate surface area is 158 Å². The van der Waals surface area contributed by atoms with E-state index in [-0.39, 0.29) is 0 Å². The number of esters is 2. The van der Waals surface area contributed by atoms with E-state index in [0.29, 0.717) is 28.2 Å². The smallest absolute Gasteiger partial charge is 0.338 e. The molecule has 0 aliphatic rings. The fourth-order valence-corrected chi connectivity index (χ4v) is 2.35. The van der Waals surface area contributed by atoms with E-state index in [0.717, 1.165) is 16.3 Å². The number of rotatable bonds is 5. The molecule has 0 aliphatic carbocycles. The topological polar surface area (TPSA) is 52.6 Å². The maximum absolute atomic E-state index is 11.7. The van der Waals surface area contributed by atoms with Gasteiger partial charge in [0.05, 0.1) is 0 Å². The van der Waals surface area contributed by atoms with Gasteiger partial charge in [0.25, 0.3) is 0 Å². The molecule has 4 heteroatoms. The Bertz CT molecular complexity index is 1030. The van der Waals surface area contributed by atoms with Gasteiger partial charge < -0.3 is 9.47 Å². The Kier molecular flexibility index (Phi) is 5.99. The lowest BCUT2D eigenvalue weighted by Crippen LogP contribution is -2.08. The zero-order valence-corrected chi connectivity index (χ0v) is 15.6. The van der Waals surface area contributed by atoms with Gasteiger partial charge in [0.15, 0.2) is 0 Å². The van der Waals surface area contributed by atoms with Crippen LogP contribution in [0.3, 0.4) is 0 Å². The lowest BCUT2D eigenvalue weighted by Gasteiger charge is -2.10. The summed E-state index contributed by atoms with van der Waals surface area (Å²) in [6, 6.07) is 8.87. The standard InChI is InChI=1S/C23H20O4/c1-7-20-17(12-16(6)26-22(24)14(2)3)8-9-18-13-19(10-11-21(18)20)27-23(25)15(4)5/h1,8-13H,2,4H2,3,5-6H3/b16-12+. The van der Waals surface area contributed by atoms with Crippen LogP contribution in [-0.2, 0) is 14.3 Å². The number of hydrogen-bond donors (Lipinski definition) is 0. The first-order valence-electron chi connectivity index (χ1n) is 8.20. The highest BCUT2D eigenvalue weighted by Gasteiger charge is 2.10. The van der Waals surface area contributed by atoms with Crippen molar-refractivity contribution >= 4 is 28.8 Å². The molecule has 136 valence electrons. The van der Waals surface area contributed by atoms with Gasteiger partial charge in [-0.3, -0.25) is 0 Å². The molecule has 0 bridgehead atoms. The van der Waals surface area contributed by atoms with Crippen molar-refractivity contribution in [3.8, 4) is 18.1 Å². The minimum atomic E-state index is -0.490. The first-order chi connectivity index (χ1) is 12.7. The Balaban J connectivity index is 2.42. The van der Waals surface area contributed by atoms with Gasteiger partial charge in [0, 0.05) is 16.7 Å². The maximum Gasteiger partial charge on any atom is 0.338 e. The molecule has 0 unspecified atom stereocenters. The molecule has 0 aromatic heterocycles. The van der Waals surface area contributed by atoms with Crippen molar-refractivity contribution in [2.45, 2.75) is 20.8 Å². The predicted molar refractivity (Wildman–Crippen MR) is 107 cm³/mol. The van der Waals surface area contributed by atoms with Gasteiger partial charge in [0.1, 0.15) is 11.5 Å². The van der Waals surface area contributed by atoms with E-state index in [4.69, 9.17) is 15.9 Å². The zero-order valence-electron chi connectivity index (χ0n) is 15.6. The molecule has 2 aromatic rings. The molecular formula is C23H20O4. The summed E-state index contributed by atoms with van der Waals surface area (Å²) in [5, 5.41) is 1.64. The van der Waals surface area contributed by atoms with Crippen LogP contribution in [0.15, 0.2) is 60.4 Å². The highest BCUT2D eigenvalue weighted by Crippen LogP contribution is 2.28. The number of hydrogen-bond acceptors (Lipinski definition) is 4. The van der Waals surface area contributed by atoms with Crippen LogP contribution < -0.4 is 4.74 Å². The minimum Gasteiger partial charge on any atom is -0.428 e. The Morgan fingerprint density at radius 3 is 2.30 bits per heavy atom. The van der Waals surface area contributed by atoms with E-state index in [2.05, 4.69) is 19.1 Å². The Morgan fingerprint density at radius 2 is 1.70 bits per heavy atom. The van der Waals surface area contributed by atoms with E-state index in [1.807, 2.05) is 12.1 Å². The van der Waals surface area contributed by atoms with E-state index < -0.39 is 11.9 Å². The molecular weight excluding hydrogens is 340 g/mol. The first-order valence-corrected chi connectivity index (χ1v) is 8.20. The molecule has 0 spiro atoms. The third-order valence-electron chi connectivity index (χ3n) is 3.69. The van der Waals surface area contributed by atoms with Crippen molar-refractivity contribution in [1.29, 1.82) is 0 Å². The predicted octanol–water partition coefficient (Wildman–Crippen LogP) is 4.78. The van der Waals surface area contributed by atoms with Gasteiger partial charge in [-0.1, -0.05) is 31.2 Å². The number of benzene rings is 2. The van der Waals surface area contributed by atoms with Crippen LogP contribution in [0.1, 0.15) is 31.9 Å². The summed E-state index contributed by atoms with van der Waals surface area (Å²) in [7, 11) is 0. The fraction of sp³-hybridized carbons (Fsp3) is 0.130. The number of carbonyl (C=O) groups excluding carboxylic acids is 2. The Hall–Kier alpha value is -3.58. The number of fused-ring (bicyclic) bond motifs is 1. The number of allylic oxidation sites excluding steroid dienone is 1. The summed E-state index contributed by atoms with van der Waals surface area (Å²) < 4.78 is 10.5. The molecule has 0 heterocycles. The molecule has 0 fully saturated rings. The zero-order chi connectivity index (χ0) is 20.1. The van der Waals surface area contributed by atoms with Crippen molar-refractivity contribution in [1.82, 2.24) is 0 Å². The summed E-state index contributed by atoms with van der Waals surface area (Å²) in [4.78, 5) is 23.3. The lowest BCUT2D eigenvalue weighted by atomic mass is 9.98. The molecule has 2 rings (SSSR count). The monoisotopic (exact) mass is 360 g/mol. The normalized spacial score (nSPS) is 10.8. The van der Waals surface area contributed by atoms with Crippen molar-refractivity contribution in [2.24, 2.45) is 0 Å². The average Bonchev–Trinajstić information content (AvgIpc) is 2.61.